The molecule has 0 heterocycles. The number of hydrogen-bond donors (Lipinski definition) is 1. The predicted molar refractivity (Wildman–Crippen MR) is 94.4 cm³/mol. The normalized spacial score (nSPS) is 11.9. The van der Waals surface area contributed by atoms with E-state index in [1.54, 1.807) is 0 Å². The van der Waals surface area contributed by atoms with E-state index in [1.165, 1.54) is 11.3 Å². The summed E-state index contributed by atoms with van der Waals surface area (Å²) in [6.07, 6.45) is 2.14. The Kier molecular flexibility index (Phi) is 8.15. The average Bonchev–Trinajstić information content (AvgIpc) is 2.43. The predicted octanol–water partition coefficient (Wildman–Crippen LogP) is 3.25. The Morgan fingerprint density at radius 2 is 2.00 bits per heavy atom. The summed E-state index contributed by atoms with van der Waals surface area (Å²) in [6.45, 7) is 10.2. The number of hydrogen-bond acceptors (Lipinski definition) is 4. The summed E-state index contributed by atoms with van der Waals surface area (Å²) < 4.78 is 5.85. The molecular weight excluding hydrogens is 280 g/mol. The van der Waals surface area contributed by atoms with E-state index in [-0.39, 0.29) is 5.54 Å². The Balaban J connectivity index is 2.35. The molecule has 0 aliphatic rings. The summed E-state index contributed by atoms with van der Waals surface area (Å²) in [4.78, 5) is 2.31. The first kappa shape index (κ1) is 18.3. The van der Waals surface area contributed by atoms with Gasteiger partial charge in [0.2, 0.25) is 0 Å². The minimum atomic E-state index is 0.136. The minimum Gasteiger partial charge on any atom is -0.492 e. The highest BCUT2D eigenvalue weighted by molar-refractivity contribution is 7.98. The van der Waals surface area contributed by atoms with E-state index in [0.717, 1.165) is 32.0 Å². The first-order valence-corrected chi connectivity index (χ1v) is 8.94. The van der Waals surface area contributed by atoms with Crippen molar-refractivity contribution in [1.82, 2.24) is 10.2 Å². The molecule has 3 nitrogen and oxygen atoms in total. The van der Waals surface area contributed by atoms with Gasteiger partial charge < -0.3 is 15.0 Å². The standard InChI is InChI=1S/C17H30N2OS/c1-17(2,3)18-14-15-7-6-8-16(13-15)20-11-9-19(4)10-12-21-5/h6-8,13,18H,9-12,14H2,1-5H3. The number of likely N-dealkylation sites (N-methyl/N-ethyl adjacent to an activating group) is 1. The Labute approximate surface area is 134 Å². The molecule has 0 saturated heterocycles. The van der Waals surface area contributed by atoms with Gasteiger partial charge in [0, 0.05) is 30.9 Å². The summed E-state index contributed by atoms with van der Waals surface area (Å²) >= 11 is 1.88. The lowest BCUT2D eigenvalue weighted by Gasteiger charge is -2.21. The molecule has 1 N–H and O–H groups in total. The van der Waals surface area contributed by atoms with Crippen LogP contribution >= 0.6 is 11.8 Å². The van der Waals surface area contributed by atoms with Gasteiger partial charge >= 0.3 is 0 Å². The SMILES string of the molecule is CSCCN(C)CCOc1cccc(CNC(C)(C)C)c1. The molecule has 0 fully saturated rings. The van der Waals surface area contributed by atoms with Crippen LogP contribution in [-0.2, 0) is 6.54 Å². The lowest BCUT2D eigenvalue weighted by atomic mass is 10.1. The van der Waals surface area contributed by atoms with Crippen LogP contribution in [0.25, 0.3) is 0 Å². The van der Waals surface area contributed by atoms with Gasteiger partial charge in [-0.3, -0.25) is 0 Å². The van der Waals surface area contributed by atoms with Gasteiger partial charge in [-0.2, -0.15) is 11.8 Å². The number of ether oxygens (including phenoxy) is 1. The van der Waals surface area contributed by atoms with Gasteiger partial charge in [-0.15, -0.1) is 0 Å². The summed E-state index contributed by atoms with van der Waals surface area (Å²) in [7, 11) is 2.14. The summed E-state index contributed by atoms with van der Waals surface area (Å²) in [5.74, 6) is 2.13. The second kappa shape index (κ2) is 9.34. The molecule has 0 atom stereocenters. The fraction of sp³-hybridized carbons (Fsp3) is 0.647. The monoisotopic (exact) mass is 310 g/mol. The molecular formula is C17H30N2OS. The van der Waals surface area contributed by atoms with Crippen LogP contribution in [0.3, 0.4) is 0 Å². The third kappa shape index (κ3) is 9.02. The third-order valence-corrected chi connectivity index (χ3v) is 3.73. The van der Waals surface area contributed by atoms with Crippen LogP contribution in [0.4, 0.5) is 0 Å². The lowest BCUT2D eigenvalue weighted by molar-refractivity contribution is 0.244. The molecule has 0 unspecified atom stereocenters. The van der Waals surface area contributed by atoms with Crippen molar-refractivity contribution in [2.24, 2.45) is 0 Å². The second-order valence-corrected chi connectivity index (χ2v) is 7.38. The maximum atomic E-state index is 5.85. The van der Waals surface area contributed by atoms with Crippen LogP contribution in [0.15, 0.2) is 24.3 Å². The molecule has 0 aliphatic heterocycles. The highest BCUT2D eigenvalue weighted by Crippen LogP contribution is 2.14. The van der Waals surface area contributed by atoms with E-state index >= 15 is 0 Å². The van der Waals surface area contributed by atoms with Crippen LogP contribution in [0.5, 0.6) is 5.75 Å². The van der Waals surface area contributed by atoms with Crippen LogP contribution in [0, 0.1) is 0 Å². The summed E-state index contributed by atoms with van der Waals surface area (Å²) in [5.41, 5.74) is 1.40. The third-order valence-electron chi connectivity index (χ3n) is 3.14. The summed E-state index contributed by atoms with van der Waals surface area (Å²) in [5, 5.41) is 3.50. The van der Waals surface area contributed by atoms with E-state index in [9.17, 15) is 0 Å². The molecule has 1 aromatic rings. The van der Waals surface area contributed by atoms with E-state index in [4.69, 9.17) is 4.74 Å². The van der Waals surface area contributed by atoms with E-state index in [1.807, 2.05) is 17.8 Å². The molecule has 120 valence electrons. The van der Waals surface area contributed by atoms with Crippen molar-refractivity contribution in [3.05, 3.63) is 29.8 Å². The van der Waals surface area contributed by atoms with Gasteiger partial charge in [0.15, 0.2) is 0 Å². The van der Waals surface area contributed by atoms with Gasteiger partial charge in [0.25, 0.3) is 0 Å². The minimum absolute atomic E-state index is 0.136. The maximum Gasteiger partial charge on any atom is 0.119 e. The number of rotatable bonds is 9. The second-order valence-electron chi connectivity index (χ2n) is 6.40. The Bertz CT molecular complexity index is 404. The topological polar surface area (TPSA) is 24.5 Å². The molecule has 0 bridgehead atoms. The molecule has 0 spiro atoms. The number of nitrogens with one attached hydrogen (secondary N) is 1. The van der Waals surface area contributed by atoms with Crippen molar-refractivity contribution < 1.29 is 4.74 Å². The van der Waals surface area contributed by atoms with Gasteiger partial charge in [-0.25, -0.2) is 0 Å². The average molecular weight is 311 g/mol. The highest BCUT2D eigenvalue weighted by Gasteiger charge is 2.08. The first-order valence-electron chi connectivity index (χ1n) is 7.55. The number of benzene rings is 1. The van der Waals surface area contributed by atoms with E-state index < -0.39 is 0 Å². The Hall–Kier alpha value is -0.710. The van der Waals surface area contributed by atoms with Crippen molar-refractivity contribution in [2.45, 2.75) is 32.9 Å². The van der Waals surface area contributed by atoms with E-state index in [0.29, 0.717) is 0 Å². The van der Waals surface area contributed by atoms with Crippen molar-refractivity contribution in [3.63, 3.8) is 0 Å². The van der Waals surface area contributed by atoms with Crippen LogP contribution in [0.2, 0.25) is 0 Å². The van der Waals surface area contributed by atoms with Crippen molar-refractivity contribution >= 4 is 11.8 Å². The van der Waals surface area contributed by atoms with Crippen molar-refractivity contribution in [3.8, 4) is 5.75 Å². The van der Waals surface area contributed by atoms with Crippen molar-refractivity contribution in [2.75, 3.05) is 38.8 Å². The molecule has 0 amide bonds. The maximum absolute atomic E-state index is 5.85. The van der Waals surface area contributed by atoms with Crippen LogP contribution in [0.1, 0.15) is 26.3 Å². The summed E-state index contributed by atoms with van der Waals surface area (Å²) in [6, 6.07) is 8.35. The smallest absolute Gasteiger partial charge is 0.119 e. The molecule has 0 radical (unpaired) electrons. The molecule has 1 rings (SSSR count). The van der Waals surface area contributed by atoms with E-state index in [2.05, 4.69) is 62.5 Å². The largest absolute Gasteiger partial charge is 0.492 e. The molecule has 0 aliphatic carbocycles. The fourth-order valence-corrected chi connectivity index (χ4v) is 2.28. The van der Waals surface area contributed by atoms with Gasteiger partial charge in [0.1, 0.15) is 12.4 Å². The molecule has 0 aromatic heterocycles. The van der Waals surface area contributed by atoms with Crippen molar-refractivity contribution in [1.29, 1.82) is 0 Å². The fourth-order valence-electron chi connectivity index (χ4n) is 1.79. The zero-order valence-corrected chi connectivity index (χ0v) is 14.9. The first-order chi connectivity index (χ1) is 9.90. The van der Waals surface area contributed by atoms with Crippen LogP contribution < -0.4 is 10.1 Å². The van der Waals surface area contributed by atoms with Gasteiger partial charge in [0.05, 0.1) is 0 Å². The number of nitrogens with zero attached hydrogens (tertiary/aromatic N) is 1. The Morgan fingerprint density at radius 1 is 1.24 bits per heavy atom. The molecule has 1 aromatic carbocycles. The molecule has 21 heavy (non-hydrogen) atoms. The van der Waals surface area contributed by atoms with Gasteiger partial charge in [-0.1, -0.05) is 12.1 Å². The Morgan fingerprint density at radius 3 is 2.67 bits per heavy atom. The highest BCUT2D eigenvalue weighted by atomic mass is 32.2. The lowest BCUT2D eigenvalue weighted by Crippen LogP contribution is -2.35. The van der Waals surface area contributed by atoms with Gasteiger partial charge in [-0.05, 0) is 51.8 Å². The zero-order chi connectivity index (χ0) is 15.7. The molecule has 0 saturated carbocycles. The zero-order valence-electron chi connectivity index (χ0n) is 14.1. The quantitative estimate of drug-likeness (QED) is 0.757. The number of thioether (sulfide) groups is 1. The van der Waals surface area contributed by atoms with Crippen LogP contribution in [-0.4, -0.2) is 49.2 Å². The molecule has 4 heteroatoms.